The summed E-state index contributed by atoms with van der Waals surface area (Å²) < 4.78 is 0. The van der Waals surface area contributed by atoms with Crippen LogP contribution in [0.4, 0.5) is 0 Å². The number of hydrogen-bond acceptors (Lipinski definition) is 1. The Morgan fingerprint density at radius 2 is 1.93 bits per heavy atom. The molecule has 0 aromatic heterocycles. The van der Waals surface area contributed by atoms with Gasteiger partial charge in [0.1, 0.15) is 0 Å². The van der Waals surface area contributed by atoms with E-state index >= 15 is 0 Å². The van der Waals surface area contributed by atoms with Crippen LogP contribution in [0.3, 0.4) is 0 Å². The van der Waals surface area contributed by atoms with Gasteiger partial charge in [-0.1, -0.05) is 24.3 Å². The molecule has 1 aliphatic heterocycles. The maximum atomic E-state index is 2.46. The van der Waals surface area contributed by atoms with E-state index in [9.17, 15) is 0 Å². The quantitative estimate of drug-likeness (QED) is 0.677. The predicted octanol–water partition coefficient (Wildman–Crippen LogP) is 3.19. The summed E-state index contributed by atoms with van der Waals surface area (Å²) in [5.74, 6) is 0.788. The summed E-state index contributed by atoms with van der Waals surface area (Å²) in [6.07, 6.45) is 4.02. The number of likely N-dealkylation sites (tertiary alicyclic amines) is 1. The first-order valence-electron chi connectivity index (χ1n) is 6.01. The van der Waals surface area contributed by atoms with Crippen molar-refractivity contribution in [3.05, 3.63) is 35.4 Å². The second-order valence-corrected chi connectivity index (χ2v) is 4.79. The molecule has 1 unspecified atom stereocenters. The summed E-state index contributed by atoms with van der Waals surface area (Å²) in [5, 5.41) is 0. The van der Waals surface area contributed by atoms with Crippen LogP contribution in [-0.2, 0) is 0 Å². The molecule has 1 atom stereocenters. The number of hydrogen-bond donors (Lipinski definition) is 0. The van der Waals surface area contributed by atoms with Crippen molar-refractivity contribution in [3.63, 3.8) is 0 Å². The molecule has 1 aromatic carbocycles. The van der Waals surface area contributed by atoms with E-state index in [-0.39, 0.29) is 0 Å². The van der Waals surface area contributed by atoms with Gasteiger partial charge in [-0.25, -0.2) is 0 Å². The van der Waals surface area contributed by atoms with Crippen LogP contribution in [0.2, 0.25) is 0 Å². The first kappa shape index (κ1) is 10.7. The topological polar surface area (TPSA) is 3.24 Å². The molecule has 0 amide bonds. The molecule has 1 heterocycles. The van der Waals surface area contributed by atoms with E-state index in [0.29, 0.717) is 0 Å². The van der Waals surface area contributed by atoms with Gasteiger partial charge < -0.3 is 4.90 Å². The van der Waals surface area contributed by atoms with E-state index in [2.05, 4.69) is 43.1 Å². The molecule has 1 nitrogen and oxygen atoms in total. The van der Waals surface area contributed by atoms with E-state index in [1.54, 1.807) is 5.56 Å². The molecule has 0 bridgehead atoms. The molecule has 1 fully saturated rings. The Balaban J connectivity index is 2.13. The third-order valence-electron chi connectivity index (χ3n) is 3.58. The standard InChI is InChI=1S/C14H21N/c1-12-6-3-4-8-14(12)13-7-5-10-15(2)11-9-13/h3-4,6,8,13H,5,7,9-11H2,1-2H3. The lowest BCUT2D eigenvalue weighted by Crippen LogP contribution is -2.18. The third kappa shape index (κ3) is 2.60. The van der Waals surface area contributed by atoms with Gasteiger partial charge in [0.15, 0.2) is 0 Å². The Bertz CT molecular complexity index is 319. The minimum Gasteiger partial charge on any atom is -0.306 e. The zero-order valence-corrected chi connectivity index (χ0v) is 9.87. The molecular formula is C14H21N. The molecule has 0 N–H and O–H groups in total. The fourth-order valence-electron chi connectivity index (χ4n) is 2.60. The second-order valence-electron chi connectivity index (χ2n) is 4.79. The smallest absolute Gasteiger partial charge is 0.00160 e. The van der Waals surface area contributed by atoms with E-state index in [1.807, 2.05) is 0 Å². The molecule has 0 spiro atoms. The fraction of sp³-hybridized carbons (Fsp3) is 0.571. The average molecular weight is 203 g/mol. The Kier molecular flexibility index (Phi) is 3.42. The molecule has 0 aliphatic carbocycles. The van der Waals surface area contributed by atoms with Crippen molar-refractivity contribution in [2.45, 2.75) is 32.1 Å². The average Bonchev–Trinajstić information content (AvgIpc) is 2.44. The van der Waals surface area contributed by atoms with Crippen LogP contribution >= 0.6 is 0 Å². The highest BCUT2D eigenvalue weighted by Crippen LogP contribution is 2.29. The minimum atomic E-state index is 0.788. The zero-order chi connectivity index (χ0) is 10.7. The molecule has 2 rings (SSSR count). The van der Waals surface area contributed by atoms with Crippen molar-refractivity contribution < 1.29 is 0 Å². The van der Waals surface area contributed by atoms with Crippen LogP contribution < -0.4 is 0 Å². The van der Waals surface area contributed by atoms with Gasteiger partial charge in [0.25, 0.3) is 0 Å². The van der Waals surface area contributed by atoms with Crippen molar-refractivity contribution in [2.24, 2.45) is 0 Å². The largest absolute Gasteiger partial charge is 0.306 e. The summed E-state index contributed by atoms with van der Waals surface area (Å²) in [7, 11) is 2.24. The first-order chi connectivity index (χ1) is 7.27. The number of nitrogens with zero attached hydrogens (tertiary/aromatic N) is 1. The van der Waals surface area contributed by atoms with Crippen LogP contribution in [0.5, 0.6) is 0 Å². The summed E-state index contributed by atoms with van der Waals surface area (Å²) in [6.45, 7) is 4.76. The maximum Gasteiger partial charge on any atom is -0.00160 e. The van der Waals surface area contributed by atoms with Gasteiger partial charge in [0, 0.05) is 0 Å². The van der Waals surface area contributed by atoms with Crippen molar-refractivity contribution in [2.75, 3.05) is 20.1 Å². The summed E-state index contributed by atoms with van der Waals surface area (Å²) in [6, 6.07) is 8.87. The Morgan fingerprint density at radius 3 is 2.73 bits per heavy atom. The molecule has 15 heavy (non-hydrogen) atoms. The highest BCUT2D eigenvalue weighted by Gasteiger charge is 2.17. The van der Waals surface area contributed by atoms with Gasteiger partial charge in [0.05, 0.1) is 0 Å². The molecule has 1 heteroatoms. The predicted molar refractivity (Wildman–Crippen MR) is 65.3 cm³/mol. The lowest BCUT2D eigenvalue weighted by molar-refractivity contribution is 0.347. The first-order valence-corrected chi connectivity index (χ1v) is 6.01. The van der Waals surface area contributed by atoms with Crippen LogP contribution in [-0.4, -0.2) is 25.0 Å². The molecule has 1 aliphatic rings. The number of benzene rings is 1. The van der Waals surface area contributed by atoms with E-state index in [4.69, 9.17) is 0 Å². The highest BCUT2D eigenvalue weighted by atomic mass is 15.1. The van der Waals surface area contributed by atoms with Gasteiger partial charge in [-0.2, -0.15) is 0 Å². The lowest BCUT2D eigenvalue weighted by Gasteiger charge is -2.17. The molecule has 0 saturated carbocycles. The summed E-state index contributed by atoms with van der Waals surface area (Å²) >= 11 is 0. The van der Waals surface area contributed by atoms with Crippen molar-refractivity contribution in [1.29, 1.82) is 0 Å². The van der Waals surface area contributed by atoms with Gasteiger partial charge in [0.2, 0.25) is 0 Å². The third-order valence-corrected chi connectivity index (χ3v) is 3.58. The monoisotopic (exact) mass is 203 g/mol. The minimum absolute atomic E-state index is 0.788. The van der Waals surface area contributed by atoms with Crippen molar-refractivity contribution in [3.8, 4) is 0 Å². The molecule has 0 radical (unpaired) electrons. The SMILES string of the molecule is Cc1ccccc1C1CCCN(C)CC1. The maximum absolute atomic E-state index is 2.46. The van der Waals surface area contributed by atoms with E-state index in [0.717, 1.165) is 5.92 Å². The van der Waals surface area contributed by atoms with Crippen LogP contribution in [0.15, 0.2) is 24.3 Å². The van der Waals surface area contributed by atoms with E-state index in [1.165, 1.54) is 37.9 Å². The normalized spacial score (nSPS) is 23.7. The van der Waals surface area contributed by atoms with Crippen LogP contribution in [0, 0.1) is 6.92 Å². The number of aryl methyl sites for hydroxylation is 1. The van der Waals surface area contributed by atoms with Crippen LogP contribution in [0.25, 0.3) is 0 Å². The van der Waals surface area contributed by atoms with Gasteiger partial charge in [-0.15, -0.1) is 0 Å². The second kappa shape index (κ2) is 4.80. The van der Waals surface area contributed by atoms with Crippen molar-refractivity contribution in [1.82, 2.24) is 4.90 Å². The zero-order valence-electron chi connectivity index (χ0n) is 9.87. The van der Waals surface area contributed by atoms with Gasteiger partial charge >= 0.3 is 0 Å². The Labute approximate surface area is 93.1 Å². The fourth-order valence-corrected chi connectivity index (χ4v) is 2.60. The lowest BCUT2D eigenvalue weighted by atomic mass is 9.89. The summed E-state index contributed by atoms with van der Waals surface area (Å²) in [4.78, 5) is 2.46. The van der Waals surface area contributed by atoms with Crippen molar-refractivity contribution >= 4 is 0 Å². The highest BCUT2D eigenvalue weighted by molar-refractivity contribution is 5.29. The Morgan fingerprint density at radius 1 is 1.13 bits per heavy atom. The van der Waals surface area contributed by atoms with E-state index < -0.39 is 0 Å². The molecular weight excluding hydrogens is 182 g/mol. The molecule has 82 valence electrons. The van der Waals surface area contributed by atoms with Crippen LogP contribution in [0.1, 0.15) is 36.3 Å². The summed E-state index contributed by atoms with van der Waals surface area (Å²) in [5.41, 5.74) is 3.04. The van der Waals surface area contributed by atoms with Gasteiger partial charge in [-0.05, 0) is 63.4 Å². The molecule has 1 aromatic rings. The molecule has 1 saturated heterocycles. The van der Waals surface area contributed by atoms with Gasteiger partial charge in [-0.3, -0.25) is 0 Å². The number of rotatable bonds is 1. The Hall–Kier alpha value is -0.820.